The number of hydrogen-bond donors (Lipinski definition) is 0. The molecule has 70 valence electrons. The molecular formula is C7H10FKO3S. The molecule has 0 aromatic heterocycles. The Labute approximate surface area is 121 Å². The van der Waals surface area contributed by atoms with E-state index in [-0.39, 0.29) is 70.6 Å². The molecule has 1 atom stereocenters. The third-order valence-corrected chi connectivity index (χ3v) is 2.63. The summed E-state index contributed by atoms with van der Waals surface area (Å²) >= 11 is 0. The van der Waals surface area contributed by atoms with Gasteiger partial charge in [0.15, 0.2) is 0 Å². The molecule has 0 bridgehead atoms. The van der Waals surface area contributed by atoms with Crippen LogP contribution in [-0.4, -0.2) is 24.9 Å². The normalized spacial score (nSPS) is 12.7. The summed E-state index contributed by atoms with van der Waals surface area (Å²) in [5, 5.41) is -1.13. The van der Waals surface area contributed by atoms with Crippen LogP contribution in [0.4, 0.5) is 4.39 Å². The van der Waals surface area contributed by atoms with Gasteiger partial charge in [-0.3, -0.25) is 4.39 Å². The molecule has 0 heterocycles. The summed E-state index contributed by atoms with van der Waals surface area (Å²) in [6.45, 7) is -0.628. The van der Waals surface area contributed by atoms with Crippen LogP contribution in [0.3, 0.4) is 0 Å². The molecule has 0 rings (SSSR count). The van der Waals surface area contributed by atoms with Crippen LogP contribution in [0.5, 0.6) is 0 Å². The van der Waals surface area contributed by atoms with E-state index in [0.717, 1.165) is 0 Å². The minimum Gasteiger partial charge on any atom is -0.748 e. The maximum Gasteiger partial charge on any atom is 1.00 e. The Bertz CT molecular complexity index is 257. The molecule has 6 heteroatoms. The number of halogens is 1. The maximum atomic E-state index is 11.6. The predicted molar refractivity (Wildman–Crippen MR) is 42.1 cm³/mol. The van der Waals surface area contributed by atoms with Crippen molar-refractivity contribution in [2.75, 3.05) is 6.67 Å². The van der Waals surface area contributed by atoms with Crippen LogP contribution in [0, 0.1) is 12.3 Å². The second kappa shape index (κ2) is 8.35. The van der Waals surface area contributed by atoms with Gasteiger partial charge >= 0.3 is 51.4 Å². The monoisotopic (exact) mass is 231 g/mol. The van der Waals surface area contributed by atoms with Crippen molar-refractivity contribution in [3.05, 3.63) is 0 Å². The molecule has 0 aliphatic rings. The molecule has 0 aromatic carbocycles. The molecule has 0 amide bonds. The Kier molecular flexibility index (Phi) is 10.6. The molecular weight excluding hydrogens is 221 g/mol. The first-order chi connectivity index (χ1) is 5.52. The van der Waals surface area contributed by atoms with E-state index in [1.807, 2.05) is 0 Å². The SMILES string of the molecule is C#CCC(CCC[18F])S(=O)(=O)[O-].[K+]. The molecule has 0 radical (unpaired) electrons. The Hall–Kier alpha value is 1.04. The third kappa shape index (κ3) is 8.06. The summed E-state index contributed by atoms with van der Waals surface area (Å²) in [5.74, 6) is 2.08. The summed E-state index contributed by atoms with van der Waals surface area (Å²) < 4.78 is 43.0. The van der Waals surface area contributed by atoms with E-state index >= 15 is 0 Å². The van der Waals surface area contributed by atoms with Crippen molar-refractivity contribution in [2.24, 2.45) is 0 Å². The van der Waals surface area contributed by atoms with Crippen molar-refractivity contribution in [1.29, 1.82) is 0 Å². The first kappa shape index (κ1) is 16.5. The zero-order valence-electron chi connectivity index (χ0n) is 7.49. The van der Waals surface area contributed by atoms with Gasteiger partial charge in [0.2, 0.25) is 0 Å². The van der Waals surface area contributed by atoms with Crippen LogP contribution in [0.25, 0.3) is 0 Å². The van der Waals surface area contributed by atoms with Crippen LogP contribution in [-0.2, 0) is 10.1 Å². The summed E-state index contributed by atoms with van der Waals surface area (Å²) in [4.78, 5) is 0. The molecule has 0 spiro atoms. The van der Waals surface area contributed by atoms with Gasteiger partial charge in [-0.2, -0.15) is 0 Å². The fourth-order valence-corrected chi connectivity index (χ4v) is 1.54. The Morgan fingerprint density at radius 1 is 1.54 bits per heavy atom. The maximum absolute atomic E-state index is 11.6. The smallest absolute Gasteiger partial charge is 0.748 e. The molecule has 0 aliphatic carbocycles. The summed E-state index contributed by atoms with van der Waals surface area (Å²) in [7, 11) is -4.36. The quantitative estimate of drug-likeness (QED) is 0.303. The second-order valence-corrected chi connectivity index (χ2v) is 4.01. The van der Waals surface area contributed by atoms with E-state index in [2.05, 4.69) is 5.92 Å². The Morgan fingerprint density at radius 2 is 2.08 bits per heavy atom. The standard InChI is InChI=1S/C7H11FO3S.K/c1-2-4-7(5-3-6-8)12(9,10)11;/h1,7H,3-6H2,(H,9,10,11);/q;+1/p-1/i8-1;. The zero-order chi connectivity index (χ0) is 9.61. The van der Waals surface area contributed by atoms with E-state index in [4.69, 9.17) is 6.42 Å². The van der Waals surface area contributed by atoms with Crippen molar-refractivity contribution in [2.45, 2.75) is 24.5 Å². The minimum atomic E-state index is -4.36. The van der Waals surface area contributed by atoms with Crippen molar-refractivity contribution < 1.29 is 68.7 Å². The van der Waals surface area contributed by atoms with Gasteiger partial charge in [0, 0.05) is 6.42 Å². The minimum absolute atomic E-state index is 0. The van der Waals surface area contributed by atoms with Crippen LogP contribution >= 0.6 is 0 Å². The summed E-state index contributed by atoms with van der Waals surface area (Å²) in [6, 6.07) is 0. The number of alkyl halides is 1. The summed E-state index contributed by atoms with van der Waals surface area (Å²) in [6.07, 6.45) is 4.79. The van der Waals surface area contributed by atoms with Crippen molar-refractivity contribution in [3.8, 4) is 12.3 Å². The number of rotatable bonds is 5. The average Bonchev–Trinajstić information content (AvgIpc) is 1.95. The fraction of sp³-hybridized carbons (Fsp3) is 0.714. The van der Waals surface area contributed by atoms with Gasteiger partial charge in [-0.15, -0.1) is 12.3 Å². The third-order valence-electron chi connectivity index (χ3n) is 1.41. The molecule has 0 N–H and O–H groups in total. The van der Waals surface area contributed by atoms with Gasteiger partial charge in [-0.05, 0) is 12.8 Å². The molecule has 1 unspecified atom stereocenters. The fourth-order valence-electron chi connectivity index (χ4n) is 0.785. The molecule has 3 nitrogen and oxygen atoms in total. The van der Waals surface area contributed by atoms with Crippen LogP contribution in [0.1, 0.15) is 19.3 Å². The topological polar surface area (TPSA) is 57.2 Å². The predicted octanol–water partition coefficient (Wildman–Crippen LogP) is -2.32. The van der Waals surface area contributed by atoms with E-state index in [9.17, 15) is 17.4 Å². The molecule has 0 aromatic rings. The Balaban J connectivity index is 0. The van der Waals surface area contributed by atoms with Gasteiger partial charge in [-0.1, -0.05) is 0 Å². The Morgan fingerprint density at radius 3 is 2.38 bits per heavy atom. The van der Waals surface area contributed by atoms with Gasteiger partial charge < -0.3 is 4.55 Å². The van der Waals surface area contributed by atoms with Gasteiger partial charge in [0.25, 0.3) is 0 Å². The van der Waals surface area contributed by atoms with Crippen molar-refractivity contribution in [3.63, 3.8) is 0 Å². The molecule has 0 saturated heterocycles. The second-order valence-electron chi connectivity index (χ2n) is 2.35. The van der Waals surface area contributed by atoms with Crippen molar-refractivity contribution in [1.82, 2.24) is 0 Å². The first-order valence-corrected chi connectivity index (χ1v) is 4.93. The van der Waals surface area contributed by atoms with E-state index in [0.29, 0.717) is 0 Å². The van der Waals surface area contributed by atoms with E-state index in [1.54, 1.807) is 0 Å². The van der Waals surface area contributed by atoms with Gasteiger partial charge in [0.05, 0.1) is 22.0 Å². The van der Waals surface area contributed by atoms with Crippen LogP contribution < -0.4 is 51.4 Å². The molecule has 0 fully saturated rings. The molecule has 0 saturated carbocycles. The number of terminal acetylenes is 1. The van der Waals surface area contributed by atoms with Gasteiger partial charge in [-0.25, -0.2) is 8.42 Å². The average molecular weight is 231 g/mol. The molecule has 13 heavy (non-hydrogen) atoms. The first-order valence-electron chi connectivity index (χ1n) is 3.46. The number of hydrogen-bond acceptors (Lipinski definition) is 3. The van der Waals surface area contributed by atoms with E-state index in [1.165, 1.54) is 0 Å². The zero-order valence-corrected chi connectivity index (χ0v) is 11.4. The van der Waals surface area contributed by atoms with E-state index < -0.39 is 22.0 Å². The summed E-state index contributed by atoms with van der Waals surface area (Å²) in [5.41, 5.74) is 0. The van der Waals surface area contributed by atoms with Crippen molar-refractivity contribution >= 4 is 10.1 Å². The molecule has 0 aliphatic heterocycles. The van der Waals surface area contributed by atoms with Crippen LogP contribution in [0.2, 0.25) is 0 Å². The van der Waals surface area contributed by atoms with Crippen LogP contribution in [0.15, 0.2) is 0 Å². The largest absolute Gasteiger partial charge is 1.00 e. The van der Waals surface area contributed by atoms with Gasteiger partial charge in [0.1, 0.15) is 0 Å².